The molecule has 1 aliphatic heterocycles. The Morgan fingerprint density at radius 2 is 1.81 bits per heavy atom. The molecule has 0 spiro atoms. The highest BCUT2D eigenvalue weighted by atomic mass is 32.1. The Morgan fingerprint density at radius 1 is 1.14 bits per heavy atom. The summed E-state index contributed by atoms with van der Waals surface area (Å²) in [6.45, 7) is 2.01. The maximum absolute atomic E-state index is 12.3. The maximum atomic E-state index is 12.3. The fourth-order valence-electron chi connectivity index (χ4n) is 2.68. The van der Waals surface area contributed by atoms with Crippen LogP contribution in [0.4, 0.5) is 11.4 Å². The first-order chi connectivity index (χ1) is 10.1. The zero-order chi connectivity index (χ0) is 14.9. The number of rotatable bonds is 3. The number of amides is 1. The molecule has 2 aromatic rings. The van der Waals surface area contributed by atoms with Gasteiger partial charge in [0.1, 0.15) is 0 Å². The second-order valence-corrected chi connectivity index (χ2v) is 5.83. The Kier molecular flexibility index (Phi) is 3.47. The molecule has 0 saturated heterocycles. The molecule has 0 radical (unpaired) electrons. The summed E-state index contributed by atoms with van der Waals surface area (Å²) in [6, 6.07) is 17.4. The number of thiocarbonyl (C=S) groups is 1. The number of carbonyl (C=O) groups is 1. The lowest BCUT2D eigenvalue weighted by molar-refractivity contribution is -0.116. The lowest BCUT2D eigenvalue weighted by atomic mass is 9.81. The van der Waals surface area contributed by atoms with Crippen LogP contribution < -0.4 is 10.6 Å². The van der Waals surface area contributed by atoms with Gasteiger partial charge in [-0.1, -0.05) is 48.6 Å². The molecular formula is C17H16N2OS. The van der Waals surface area contributed by atoms with Gasteiger partial charge in [-0.3, -0.25) is 4.79 Å². The smallest absolute Gasteiger partial charge is 0.225 e. The molecule has 1 unspecified atom stereocenters. The SMILES string of the molecule is CC1(CC(=O)Nc2ccccc2)C(=S)Nc2ccccc21. The van der Waals surface area contributed by atoms with Crippen molar-refractivity contribution in [3.63, 3.8) is 0 Å². The van der Waals surface area contributed by atoms with Crippen LogP contribution in [0.25, 0.3) is 0 Å². The molecule has 1 amide bonds. The number of para-hydroxylation sites is 2. The number of anilines is 2. The highest BCUT2D eigenvalue weighted by Gasteiger charge is 2.40. The number of fused-ring (bicyclic) bond motifs is 1. The molecule has 1 aliphatic rings. The van der Waals surface area contributed by atoms with Crippen LogP contribution in [0.2, 0.25) is 0 Å². The molecule has 0 fully saturated rings. The van der Waals surface area contributed by atoms with Gasteiger partial charge in [-0.05, 0) is 30.7 Å². The molecule has 21 heavy (non-hydrogen) atoms. The van der Waals surface area contributed by atoms with E-state index < -0.39 is 5.41 Å². The van der Waals surface area contributed by atoms with E-state index in [1.54, 1.807) is 0 Å². The van der Waals surface area contributed by atoms with Gasteiger partial charge < -0.3 is 10.6 Å². The van der Waals surface area contributed by atoms with E-state index in [0.29, 0.717) is 11.4 Å². The van der Waals surface area contributed by atoms with Gasteiger partial charge >= 0.3 is 0 Å². The van der Waals surface area contributed by atoms with Gasteiger partial charge in [0.05, 0.1) is 10.4 Å². The Labute approximate surface area is 129 Å². The van der Waals surface area contributed by atoms with Gasteiger partial charge in [0, 0.05) is 17.8 Å². The molecule has 1 atom stereocenters. The van der Waals surface area contributed by atoms with Crippen LogP contribution in [0.3, 0.4) is 0 Å². The molecular weight excluding hydrogens is 280 g/mol. The fourth-order valence-corrected chi connectivity index (χ4v) is 2.97. The third kappa shape index (κ3) is 2.54. The molecule has 3 rings (SSSR count). The van der Waals surface area contributed by atoms with E-state index in [1.807, 2.05) is 61.5 Å². The van der Waals surface area contributed by atoms with Crippen molar-refractivity contribution in [2.45, 2.75) is 18.8 Å². The third-order valence-corrected chi connectivity index (χ3v) is 4.40. The Bertz CT molecular complexity index is 699. The van der Waals surface area contributed by atoms with Crippen molar-refractivity contribution in [3.8, 4) is 0 Å². The highest BCUT2D eigenvalue weighted by Crippen LogP contribution is 2.40. The van der Waals surface area contributed by atoms with Crippen molar-refractivity contribution in [2.75, 3.05) is 10.6 Å². The Morgan fingerprint density at radius 3 is 2.57 bits per heavy atom. The van der Waals surface area contributed by atoms with E-state index in [9.17, 15) is 4.79 Å². The molecule has 0 bridgehead atoms. The molecule has 0 saturated carbocycles. The third-order valence-electron chi connectivity index (χ3n) is 3.84. The van der Waals surface area contributed by atoms with E-state index in [-0.39, 0.29) is 5.91 Å². The van der Waals surface area contributed by atoms with E-state index in [2.05, 4.69) is 10.6 Å². The number of hydrogen-bond acceptors (Lipinski definition) is 2. The monoisotopic (exact) mass is 296 g/mol. The van der Waals surface area contributed by atoms with Gasteiger partial charge in [0.15, 0.2) is 0 Å². The van der Waals surface area contributed by atoms with Crippen molar-refractivity contribution in [1.29, 1.82) is 0 Å². The summed E-state index contributed by atoms with van der Waals surface area (Å²) in [5, 5.41) is 6.13. The van der Waals surface area contributed by atoms with Gasteiger partial charge in [-0.15, -0.1) is 0 Å². The van der Waals surface area contributed by atoms with E-state index >= 15 is 0 Å². The minimum absolute atomic E-state index is 0.0375. The molecule has 3 nitrogen and oxygen atoms in total. The summed E-state index contributed by atoms with van der Waals surface area (Å²) in [6.07, 6.45) is 0.324. The van der Waals surface area contributed by atoms with Crippen LogP contribution >= 0.6 is 12.2 Å². The van der Waals surface area contributed by atoms with Crippen LogP contribution in [0.1, 0.15) is 18.9 Å². The van der Waals surface area contributed by atoms with Crippen LogP contribution in [0.15, 0.2) is 54.6 Å². The lowest BCUT2D eigenvalue weighted by Crippen LogP contribution is -2.34. The minimum atomic E-state index is -0.454. The number of hydrogen-bond donors (Lipinski definition) is 2. The zero-order valence-electron chi connectivity index (χ0n) is 11.7. The average Bonchev–Trinajstić information content (AvgIpc) is 2.72. The Hall–Kier alpha value is -2.20. The quantitative estimate of drug-likeness (QED) is 0.848. The van der Waals surface area contributed by atoms with Gasteiger partial charge in [-0.2, -0.15) is 0 Å². The summed E-state index contributed by atoms with van der Waals surface area (Å²) in [5.74, 6) is -0.0375. The summed E-state index contributed by atoms with van der Waals surface area (Å²) in [7, 11) is 0. The predicted molar refractivity (Wildman–Crippen MR) is 89.7 cm³/mol. The van der Waals surface area contributed by atoms with Crippen molar-refractivity contribution in [3.05, 3.63) is 60.2 Å². The first-order valence-electron chi connectivity index (χ1n) is 6.85. The molecule has 2 N–H and O–H groups in total. The normalized spacial score (nSPS) is 19.8. The van der Waals surface area contributed by atoms with Crippen molar-refractivity contribution < 1.29 is 4.79 Å². The summed E-state index contributed by atoms with van der Waals surface area (Å²) in [4.78, 5) is 13.0. The van der Waals surface area contributed by atoms with E-state index in [4.69, 9.17) is 12.2 Å². The van der Waals surface area contributed by atoms with Crippen LogP contribution in [0, 0.1) is 0 Å². The number of carbonyl (C=O) groups excluding carboxylic acids is 1. The van der Waals surface area contributed by atoms with Crippen molar-refractivity contribution in [1.82, 2.24) is 0 Å². The molecule has 4 heteroatoms. The maximum Gasteiger partial charge on any atom is 0.225 e. The summed E-state index contributed by atoms with van der Waals surface area (Å²) >= 11 is 5.45. The van der Waals surface area contributed by atoms with Gasteiger partial charge in [-0.25, -0.2) is 0 Å². The molecule has 106 valence electrons. The molecule has 2 aromatic carbocycles. The van der Waals surface area contributed by atoms with Gasteiger partial charge in [0.2, 0.25) is 5.91 Å². The van der Waals surface area contributed by atoms with E-state index in [0.717, 1.165) is 16.9 Å². The first-order valence-corrected chi connectivity index (χ1v) is 7.26. The number of benzene rings is 2. The fraction of sp³-hybridized carbons (Fsp3) is 0.176. The van der Waals surface area contributed by atoms with Crippen molar-refractivity contribution in [2.24, 2.45) is 0 Å². The number of nitrogens with one attached hydrogen (secondary N) is 2. The average molecular weight is 296 g/mol. The first kappa shape index (κ1) is 13.8. The van der Waals surface area contributed by atoms with Gasteiger partial charge in [0.25, 0.3) is 0 Å². The summed E-state index contributed by atoms with van der Waals surface area (Å²) < 4.78 is 0. The van der Waals surface area contributed by atoms with Crippen LogP contribution in [-0.4, -0.2) is 10.9 Å². The van der Waals surface area contributed by atoms with Crippen LogP contribution in [-0.2, 0) is 10.2 Å². The summed E-state index contributed by atoms with van der Waals surface area (Å²) in [5.41, 5.74) is 2.43. The predicted octanol–water partition coefficient (Wildman–Crippen LogP) is 3.73. The lowest BCUT2D eigenvalue weighted by Gasteiger charge is -2.23. The standard InChI is InChI=1S/C17H16N2OS/c1-17(11-15(20)18-12-7-3-2-4-8-12)13-9-5-6-10-14(13)19-16(17)21/h2-10H,11H2,1H3,(H,18,20)(H,19,21). The molecule has 0 aliphatic carbocycles. The van der Waals surface area contributed by atoms with Crippen molar-refractivity contribution >= 4 is 34.5 Å². The second kappa shape index (κ2) is 5.30. The van der Waals surface area contributed by atoms with Crippen LogP contribution in [0.5, 0.6) is 0 Å². The minimum Gasteiger partial charge on any atom is -0.349 e. The molecule has 1 heterocycles. The highest BCUT2D eigenvalue weighted by molar-refractivity contribution is 7.80. The molecule has 0 aromatic heterocycles. The second-order valence-electron chi connectivity index (χ2n) is 5.42. The Balaban J connectivity index is 1.81. The van der Waals surface area contributed by atoms with E-state index in [1.165, 1.54) is 0 Å². The topological polar surface area (TPSA) is 41.1 Å². The zero-order valence-corrected chi connectivity index (χ0v) is 12.5. The largest absolute Gasteiger partial charge is 0.349 e.